The standard InChI is InChI=1S/C22H42N2O3/c1-7-8-12-24(18-14-21(3,4)23-22(5,6)15-18)20(25)17(2)27-16-19-11-9-10-13-26-19/h17-19,23H,7-16H2,1-6H3. The van der Waals surface area contributed by atoms with Gasteiger partial charge < -0.3 is 19.7 Å². The Morgan fingerprint density at radius 3 is 2.44 bits per heavy atom. The first-order chi connectivity index (χ1) is 12.6. The molecule has 1 N–H and O–H groups in total. The SMILES string of the molecule is CCCCN(C(=O)C(C)OCC1CCCCO1)C1CC(C)(C)NC(C)(C)C1. The summed E-state index contributed by atoms with van der Waals surface area (Å²) < 4.78 is 11.7. The second-order valence-corrected chi connectivity index (χ2v) is 9.80. The minimum atomic E-state index is -0.409. The van der Waals surface area contributed by atoms with E-state index in [9.17, 15) is 4.79 Å². The van der Waals surface area contributed by atoms with Gasteiger partial charge in [0.1, 0.15) is 6.10 Å². The topological polar surface area (TPSA) is 50.8 Å². The van der Waals surface area contributed by atoms with Crippen LogP contribution in [0.25, 0.3) is 0 Å². The minimum Gasteiger partial charge on any atom is -0.376 e. The van der Waals surface area contributed by atoms with Crippen LogP contribution in [0.3, 0.4) is 0 Å². The molecule has 0 saturated carbocycles. The highest BCUT2D eigenvalue weighted by molar-refractivity contribution is 5.81. The summed E-state index contributed by atoms with van der Waals surface area (Å²) in [4.78, 5) is 15.4. The fourth-order valence-corrected chi connectivity index (χ4v) is 4.79. The maximum atomic E-state index is 13.3. The van der Waals surface area contributed by atoms with Gasteiger partial charge in [-0.05, 0) is 73.1 Å². The van der Waals surface area contributed by atoms with Crippen molar-refractivity contribution < 1.29 is 14.3 Å². The van der Waals surface area contributed by atoms with Crippen LogP contribution in [0.5, 0.6) is 0 Å². The Kier molecular flexibility index (Phi) is 8.14. The van der Waals surface area contributed by atoms with E-state index in [4.69, 9.17) is 9.47 Å². The van der Waals surface area contributed by atoms with Crippen LogP contribution in [0.4, 0.5) is 0 Å². The van der Waals surface area contributed by atoms with Gasteiger partial charge in [0.15, 0.2) is 0 Å². The molecular formula is C22H42N2O3. The molecule has 0 aliphatic carbocycles. The second-order valence-electron chi connectivity index (χ2n) is 9.80. The molecule has 158 valence electrons. The molecule has 0 radical (unpaired) electrons. The third kappa shape index (κ3) is 7.03. The van der Waals surface area contributed by atoms with Crippen LogP contribution in [0, 0.1) is 0 Å². The van der Waals surface area contributed by atoms with Gasteiger partial charge in [-0.3, -0.25) is 4.79 Å². The van der Waals surface area contributed by atoms with Crippen LogP contribution >= 0.6 is 0 Å². The molecule has 2 rings (SSSR count). The van der Waals surface area contributed by atoms with Gasteiger partial charge in [0, 0.05) is 30.3 Å². The molecule has 0 bridgehead atoms. The second kappa shape index (κ2) is 9.71. The number of ether oxygens (including phenoxy) is 2. The van der Waals surface area contributed by atoms with Gasteiger partial charge in [-0.25, -0.2) is 0 Å². The van der Waals surface area contributed by atoms with Crippen LogP contribution in [0.2, 0.25) is 0 Å². The van der Waals surface area contributed by atoms with Crippen LogP contribution in [-0.2, 0) is 14.3 Å². The fraction of sp³-hybridized carbons (Fsp3) is 0.955. The van der Waals surface area contributed by atoms with Gasteiger partial charge in [-0.2, -0.15) is 0 Å². The van der Waals surface area contributed by atoms with Crippen molar-refractivity contribution in [1.82, 2.24) is 10.2 Å². The molecule has 0 aromatic rings. The summed E-state index contributed by atoms with van der Waals surface area (Å²) in [5.41, 5.74) is 0.0500. The molecule has 0 aromatic heterocycles. The van der Waals surface area contributed by atoms with Crippen LogP contribution in [0.1, 0.15) is 86.5 Å². The van der Waals surface area contributed by atoms with E-state index in [1.807, 2.05) is 6.92 Å². The minimum absolute atomic E-state index is 0.0250. The lowest BCUT2D eigenvalue weighted by molar-refractivity contribution is -0.150. The molecule has 27 heavy (non-hydrogen) atoms. The first kappa shape index (κ1) is 22.6. The average molecular weight is 383 g/mol. The van der Waals surface area contributed by atoms with E-state index in [1.54, 1.807) is 0 Å². The van der Waals surface area contributed by atoms with Crippen molar-refractivity contribution in [3.63, 3.8) is 0 Å². The summed E-state index contributed by atoms with van der Waals surface area (Å²) in [6.07, 6.45) is 7.19. The van der Waals surface area contributed by atoms with Gasteiger partial charge in [0.25, 0.3) is 5.91 Å². The van der Waals surface area contributed by atoms with E-state index < -0.39 is 6.10 Å². The highest BCUT2D eigenvalue weighted by atomic mass is 16.5. The molecule has 5 heteroatoms. The van der Waals surface area contributed by atoms with Gasteiger partial charge in [0.05, 0.1) is 12.7 Å². The summed E-state index contributed by atoms with van der Waals surface area (Å²) in [5, 5.41) is 3.72. The molecule has 1 amide bonds. The van der Waals surface area contributed by atoms with Crippen molar-refractivity contribution in [2.24, 2.45) is 0 Å². The predicted octanol–water partition coefficient (Wildman–Crippen LogP) is 3.90. The van der Waals surface area contributed by atoms with Crippen LogP contribution in [-0.4, -0.2) is 59.9 Å². The maximum Gasteiger partial charge on any atom is 0.251 e. The van der Waals surface area contributed by atoms with Gasteiger partial charge >= 0.3 is 0 Å². The van der Waals surface area contributed by atoms with Gasteiger partial charge in [-0.15, -0.1) is 0 Å². The predicted molar refractivity (Wildman–Crippen MR) is 110 cm³/mol. The van der Waals surface area contributed by atoms with E-state index in [0.29, 0.717) is 6.61 Å². The largest absolute Gasteiger partial charge is 0.376 e. The third-order valence-electron chi connectivity index (χ3n) is 5.80. The fourth-order valence-electron chi connectivity index (χ4n) is 4.79. The lowest BCUT2D eigenvalue weighted by Crippen LogP contribution is -2.63. The van der Waals surface area contributed by atoms with Crippen molar-refractivity contribution >= 4 is 5.91 Å². The van der Waals surface area contributed by atoms with Gasteiger partial charge in [-0.1, -0.05) is 13.3 Å². The Hall–Kier alpha value is -0.650. The first-order valence-electron chi connectivity index (χ1n) is 11.0. The normalized spacial score (nSPS) is 26.5. The number of piperidine rings is 1. The Labute approximate surface area is 166 Å². The van der Waals surface area contributed by atoms with E-state index >= 15 is 0 Å². The summed E-state index contributed by atoms with van der Waals surface area (Å²) in [6, 6.07) is 0.257. The Morgan fingerprint density at radius 2 is 1.89 bits per heavy atom. The quantitative estimate of drug-likeness (QED) is 0.692. The van der Waals surface area contributed by atoms with E-state index in [2.05, 4.69) is 44.8 Å². The van der Waals surface area contributed by atoms with Crippen molar-refractivity contribution in [3.05, 3.63) is 0 Å². The van der Waals surface area contributed by atoms with E-state index in [0.717, 1.165) is 51.7 Å². The lowest BCUT2D eigenvalue weighted by atomic mass is 9.79. The molecule has 2 atom stereocenters. The molecule has 0 spiro atoms. The third-order valence-corrected chi connectivity index (χ3v) is 5.80. The van der Waals surface area contributed by atoms with Crippen molar-refractivity contribution in [2.45, 2.75) is 116 Å². The first-order valence-corrected chi connectivity index (χ1v) is 11.0. The van der Waals surface area contributed by atoms with Crippen LogP contribution < -0.4 is 5.32 Å². The number of amides is 1. The van der Waals surface area contributed by atoms with E-state index in [1.165, 1.54) is 6.42 Å². The lowest BCUT2D eigenvalue weighted by Gasteiger charge is -2.50. The molecule has 2 fully saturated rings. The molecule has 2 aliphatic heterocycles. The molecule has 2 saturated heterocycles. The zero-order valence-electron chi connectivity index (χ0n) is 18.5. The Balaban J connectivity index is 2.01. The number of carbonyl (C=O) groups is 1. The van der Waals surface area contributed by atoms with Crippen LogP contribution in [0.15, 0.2) is 0 Å². The highest BCUT2D eigenvalue weighted by Gasteiger charge is 2.41. The average Bonchev–Trinajstić information content (AvgIpc) is 2.58. The zero-order chi connectivity index (χ0) is 20.1. The zero-order valence-corrected chi connectivity index (χ0v) is 18.5. The summed E-state index contributed by atoms with van der Waals surface area (Å²) in [5.74, 6) is 0.137. The number of nitrogens with one attached hydrogen (secondary N) is 1. The maximum absolute atomic E-state index is 13.3. The molecular weight excluding hydrogens is 340 g/mol. The van der Waals surface area contributed by atoms with Crippen molar-refractivity contribution in [1.29, 1.82) is 0 Å². The number of rotatable bonds is 8. The number of nitrogens with zero attached hydrogens (tertiary/aromatic N) is 1. The van der Waals surface area contributed by atoms with Crippen molar-refractivity contribution in [2.75, 3.05) is 19.8 Å². The smallest absolute Gasteiger partial charge is 0.251 e. The molecule has 0 aromatic carbocycles. The number of carbonyl (C=O) groups excluding carboxylic acids is 1. The Bertz CT molecular complexity index is 456. The highest BCUT2D eigenvalue weighted by Crippen LogP contribution is 2.32. The number of unbranched alkanes of at least 4 members (excludes halogenated alkanes) is 1. The number of hydrogen-bond acceptors (Lipinski definition) is 4. The molecule has 2 unspecified atom stereocenters. The number of hydrogen-bond donors (Lipinski definition) is 1. The van der Waals surface area contributed by atoms with E-state index in [-0.39, 0.29) is 29.1 Å². The summed E-state index contributed by atoms with van der Waals surface area (Å²) >= 11 is 0. The summed E-state index contributed by atoms with van der Waals surface area (Å²) in [6.45, 7) is 15.2. The molecule has 2 heterocycles. The van der Waals surface area contributed by atoms with Gasteiger partial charge in [0.2, 0.25) is 0 Å². The molecule has 2 aliphatic rings. The summed E-state index contributed by atoms with van der Waals surface area (Å²) in [7, 11) is 0. The van der Waals surface area contributed by atoms with Crippen molar-refractivity contribution in [3.8, 4) is 0 Å². The monoisotopic (exact) mass is 382 g/mol. The Morgan fingerprint density at radius 1 is 1.22 bits per heavy atom. The molecule has 5 nitrogen and oxygen atoms in total.